The Morgan fingerprint density at radius 1 is 1.06 bits per heavy atom. The van der Waals surface area contributed by atoms with Crippen LogP contribution in [0.2, 0.25) is 0 Å². The monoisotopic (exact) mass is 253 g/mol. The number of ether oxygens (including phenoxy) is 1. The van der Waals surface area contributed by atoms with Gasteiger partial charge in [0.25, 0.3) is 0 Å². The second kappa shape index (κ2) is 7.49. The molecule has 106 valence electrons. The molecule has 0 bridgehead atoms. The first kappa shape index (κ1) is 14.3. The lowest BCUT2D eigenvalue weighted by Crippen LogP contribution is -2.48. The Morgan fingerprint density at radius 2 is 1.89 bits per heavy atom. The van der Waals surface area contributed by atoms with Crippen molar-refractivity contribution >= 4 is 0 Å². The standard InChI is InChI=1S/C16H31NO/c1-3-6-13-9-10-15(17-11-4-2)16(12-13)18-14-7-5-8-14/h13-17H,3-12H2,1-2H3. The third-order valence-electron chi connectivity index (χ3n) is 4.67. The molecule has 0 aromatic heterocycles. The molecule has 0 saturated heterocycles. The smallest absolute Gasteiger partial charge is 0.0734 e. The molecule has 2 aliphatic carbocycles. The molecule has 0 amide bonds. The Morgan fingerprint density at radius 3 is 2.50 bits per heavy atom. The molecule has 2 rings (SSSR count). The lowest BCUT2D eigenvalue weighted by atomic mass is 9.81. The van der Waals surface area contributed by atoms with Crippen molar-refractivity contribution in [1.82, 2.24) is 5.32 Å². The fraction of sp³-hybridized carbons (Fsp3) is 1.00. The normalized spacial score (nSPS) is 33.3. The minimum atomic E-state index is 0.493. The zero-order valence-corrected chi connectivity index (χ0v) is 12.3. The van der Waals surface area contributed by atoms with Crippen molar-refractivity contribution in [2.45, 2.75) is 89.9 Å². The number of rotatable bonds is 7. The van der Waals surface area contributed by atoms with Crippen molar-refractivity contribution in [2.75, 3.05) is 6.54 Å². The van der Waals surface area contributed by atoms with Gasteiger partial charge >= 0.3 is 0 Å². The second-order valence-corrected chi connectivity index (χ2v) is 6.26. The fourth-order valence-electron chi connectivity index (χ4n) is 3.35. The summed E-state index contributed by atoms with van der Waals surface area (Å²) in [7, 11) is 0. The van der Waals surface area contributed by atoms with Crippen LogP contribution in [0, 0.1) is 5.92 Å². The van der Waals surface area contributed by atoms with Crippen molar-refractivity contribution in [2.24, 2.45) is 5.92 Å². The van der Waals surface area contributed by atoms with E-state index in [-0.39, 0.29) is 0 Å². The Bertz CT molecular complexity index is 227. The zero-order chi connectivity index (χ0) is 12.8. The molecule has 18 heavy (non-hydrogen) atoms. The molecule has 0 spiro atoms. The molecule has 0 radical (unpaired) electrons. The average molecular weight is 253 g/mol. The number of nitrogens with one attached hydrogen (secondary N) is 1. The Balaban J connectivity index is 1.82. The minimum Gasteiger partial charge on any atom is -0.373 e. The minimum absolute atomic E-state index is 0.493. The summed E-state index contributed by atoms with van der Waals surface area (Å²) in [6.07, 6.45) is 13.0. The lowest BCUT2D eigenvalue weighted by Gasteiger charge is -2.40. The van der Waals surface area contributed by atoms with Gasteiger partial charge in [0, 0.05) is 6.04 Å². The SMILES string of the molecule is CCCNC1CCC(CCC)CC1OC1CCC1. The molecule has 0 aliphatic heterocycles. The second-order valence-electron chi connectivity index (χ2n) is 6.26. The molecule has 0 aromatic rings. The third kappa shape index (κ3) is 3.96. The predicted molar refractivity (Wildman–Crippen MR) is 76.8 cm³/mol. The molecule has 2 nitrogen and oxygen atoms in total. The number of hydrogen-bond acceptors (Lipinski definition) is 2. The summed E-state index contributed by atoms with van der Waals surface area (Å²) in [5.74, 6) is 0.916. The highest BCUT2D eigenvalue weighted by atomic mass is 16.5. The summed E-state index contributed by atoms with van der Waals surface area (Å²) >= 11 is 0. The highest BCUT2D eigenvalue weighted by molar-refractivity contribution is 4.87. The van der Waals surface area contributed by atoms with Crippen molar-refractivity contribution in [1.29, 1.82) is 0 Å². The Labute approximate surface area is 113 Å². The highest BCUT2D eigenvalue weighted by Gasteiger charge is 2.33. The predicted octanol–water partition coefficient (Wildman–Crippen LogP) is 3.89. The van der Waals surface area contributed by atoms with Crippen LogP contribution in [0.5, 0.6) is 0 Å². The van der Waals surface area contributed by atoms with Crippen LogP contribution in [0.3, 0.4) is 0 Å². The largest absolute Gasteiger partial charge is 0.373 e. The highest BCUT2D eigenvalue weighted by Crippen LogP contribution is 2.33. The summed E-state index contributed by atoms with van der Waals surface area (Å²) in [5, 5.41) is 3.71. The molecule has 3 atom stereocenters. The van der Waals surface area contributed by atoms with Crippen molar-refractivity contribution < 1.29 is 4.74 Å². The van der Waals surface area contributed by atoms with Gasteiger partial charge in [-0.05, 0) is 57.4 Å². The maximum atomic E-state index is 6.35. The molecule has 3 unspecified atom stereocenters. The summed E-state index contributed by atoms with van der Waals surface area (Å²) in [4.78, 5) is 0. The molecule has 2 fully saturated rings. The van der Waals surface area contributed by atoms with Gasteiger partial charge in [0.15, 0.2) is 0 Å². The van der Waals surface area contributed by atoms with Gasteiger partial charge in [-0.1, -0.05) is 26.7 Å². The molecule has 2 heteroatoms. The summed E-state index contributed by atoms with van der Waals surface area (Å²) in [6, 6.07) is 0.624. The zero-order valence-electron chi connectivity index (χ0n) is 12.3. The van der Waals surface area contributed by atoms with E-state index in [1.807, 2.05) is 0 Å². The van der Waals surface area contributed by atoms with Gasteiger partial charge in [0.05, 0.1) is 12.2 Å². The van der Waals surface area contributed by atoms with Gasteiger partial charge in [-0.15, -0.1) is 0 Å². The van der Waals surface area contributed by atoms with Gasteiger partial charge in [0.1, 0.15) is 0 Å². The van der Waals surface area contributed by atoms with Gasteiger partial charge in [-0.2, -0.15) is 0 Å². The van der Waals surface area contributed by atoms with Gasteiger partial charge < -0.3 is 10.1 Å². The van der Waals surface area contributed by atoms with Crippen LogP contribution < -0.4 is 5.32 Å². The molecule has 2 aliphatic rings. The van der Waals surface area contributed by atoms with Gasteiger partial charge in [-0.3, -0.25) is 0 Å². The maximum Gasteiger partial charge on any atom is 0.0734 e. The third-order valence-corrected chi connectivity index (χ3v) is 4.67. The van der Waals surface area contributed by atoms with E-state index in [2.05, 4.69) is 19.2 Å². The van der Waals surface area contributed by atoms with E-state index in [1.165, 1.54) is 57.8 Å². The van der Waals surface area contributed by atoms with Crippen LogP contribution >= 0.6 is 0 Å². The Kier molecular flexibility index (Phi) is 5.97. The van der Waals surface area contributed by atoms with Crippen LogP contribution in [-0.4, -0.2) is 24.8 Å². The topological polar surface area (TPSA) is 21.3 Å². The van der Waals surface area contributed by atoms with E-state index in [9.17, 15) is 0 Å². The first-order valence-electron chi connectivity index (χ1n) is 8.22. The van der Waals surface area contributed by atoms with Crippen molar-refractivity contribution in [3.05, 3.63) is 0 Å². The van der Waals surface area contributed by atoms with Gasteiger partial charge in [-0.25, -0.2) is 0 Å². The van der Waals surface area contributed by atoms with Crippen LogP contribution in [0.4, 0.5) is 0 Å². The number of hydrogen-bond donors (Lipinski definition) is 1. The van der Waals surface area contributed by atoms with E-state index < -0.39 is 0 Å². The van der Waals surface area contributed by atoms with E-state index >= 15 is 0 Å². The molecular weight excluding hydrogens is 222 g/mol. The summed E-state index contributed by atoms with van der Waals surface area (Å²) in [5.41, 5.74) is 0. The maximum absolute atomic E-state index is 6.35. The summed E-state index contributed by atoms with van der Waals surface area (Å²) in [6.45, 7) is 5.70. The first-order valence-corrected chi connectivity index (χ1v) is 8.22. The van der Waals surface area contributed by atoms with E-state index in [4.69, 9.17) is 4.74 Å². The van der Waals surface area contributed by atoms with Crippen molar-refractivity contribution in [3.63, 3.8) is 0 Å². The fourth-order valence-corrected chi connectivity index (χ4v) is 3.35. The van der Waals surface area contributed by atoms with Gasteiger partial charge in [0.2, 0.25) is 0 Å². The van der Waals surface area contributed by atoms with E-state index in [0.29, 0.717) is 18.2 Å². The average Bonchev–Trinajstić information content (AvgIpc) is 2.33. The quantitative estimate of drug-likeness (QED) is 0.743. The van der Waals surface area contributed by atoms with Crippen molar-refractivity contribution in [3.8, 4) is 0 Å². The van der Waals surface area contributed by atoms with Crippen LogP contribution in [0.15, 0.2) is 0 Å². The molecule has 0 aromatic carbocycles. The van der Waals surface area contributed by atoms with Crippen LogP contribution in [-0.2, 0) is 4.74 Å². The van der Waals surface area contributed by atoms with Crippen LogP contribution in [0.25, 0.3) is 0 Å². The molecule has 1 N–H and O–H groups in total. The lowest BCUT2D eigenvalue weighted by molar-refractivity contribution is -0.0869. The summed E-state index contributed by atoms with van der Waals surface area (Å²) < 4.78 is 6.35. The van der Waals surface area contributed by atoms with E-state index in [1.54, 1.807) is 0 Å². The Hall–Kier alpha value is -0.0800. The van der Waals surface area contributed by atoms with E-state index in [0.717, 1.165) is 12.5 Å². The molecular formula is C16H31NO. The van der Waals surface area contributed by atoms with Crippen LogP contribution in [0.1, 0.15) is 71.6 Å². The first-order chi connectivity index (χ1) is 8.83. The molecule has 2 saturated carbocycles. The molecule has 0 heterocycles.